The van der Waals surface area contributed by atoms with Crippen molar-refractivity contribution in [1.29, 1.82) is 0 Å². The predicted molar refractivity (Wildman–Crippen MR) is 110 cm³/mol. The molecule has 12 heteroatoms. The summed E-state index contributed by atoms with van der Waals surface area (Å²) < 4.78 is 42.5. The highest BCUT2D eigenvalue weighted by atomic mass is 19.1. The first kappa shape index (κ1) is 20.8. The van der Waals surface area contributed by atoms with Gasteiger partial charge in [0.25, 0.3) is 0 Å². The number of hydrogen-bond acceptors (Lipinski definition) is 9. The van der Waals surface area contributed by atoms with E-state index in [-0.39, 0.29) is 23.0 Å². The SMILES string of the molecule is COC(=O)c1cnc(Nc2ccc(F)c(OC)c2F)nc1Nc1ccc2oc(=O)[nH]c2c1. The van der Waals surface area contributed by atoms with Crippen LogP contribution < -0.4 is 21.1 Å². The average Bonchev–Trinajstić information content (AvgIpc) is 3.15. The number of esters is 1. The third kappa shape index (κ3) is 3.93. The van der Waals surface area contributed by atoms with E-state index >= 15 is 0 Å². The first-order chi connectivity index (χ1) is 15.4. The number of halogens is 2. The Kier molecular flexibility index (Phi) is 5.41. The van der Waals surface area contributed by atoms with Crippen LogP contribution in [0.1, 0.15) is 10.4 Å². The van der Waals surface area contributed by atoms with E-state index in [9.17, 15) is 18.4 Å². The molecule has 0 radical (unpaired) electrons. The summed E-state index contributed by atoms with van der Waals surface area (Å²) in [7, 11) is 2.33. The molecule has 3 N–H and O–H groups in total. The summed E-state index contributed by atoms with van der Waals surface area (Å²) in [6.45, 7) is 0. The van der Waals surface area contributed by atoms with E-state index in [1.54, 1.807) is 18.2 Å². The van der Waals surface area contributed by atoms with Crippen LogP contribution in [0.5, 0.6) is 5.75 Å². The van der Waals surface area contributed by atoms with Crippen molar-refractivity contribution in [2.45, 2.75) is 0 Å². The number of oxazole rings is 1. The Morgan fingerprint density at radius 2 is 1.97 bits per heavy atom. The lowest BCUT2D eigenvalue weighted by molar-refractivity contribution is 0.0601. The number of carbonyl (C=O) groups excluding carboxylic acids is 1. The number of nitrogens with zero attached hydrogens (tertiary/aromatic N) is 2. The highest BCUT2D eigenvalue weighted by molar-refractivity contribution is 5.95. The summed E-state index contributed by atoms with van der Waals surface area (Å²) in [5, 5.41) is 5.55. The number of aromatic nitrogens is 3. The van der Waals surface area contributed by atoms with Gasteiger partial charge in [-0.25, -0.2) is 23.4 Å². The molecule has 32 heavy (non-hydrogen) atoms. The number of fused-ring (bicyclic) bond motifs is 1. The summed E-state index contributed by atoms with van der Waals surface area (Å²) in [6, 6.07) is 6.89. The predicted octanol–water partition coefficient (Wildman–Crippen LogP) is 3.47. The highest BCUT2D eigenvalue weighted by Gasteiger charge is 2.19. The van der Waals surface area contributed by atoms with Crippen LogP contribution in [-0.2, 0) is 4.74 Å². The van der Waals surface area contributed by atoms with Crippen LogP contribution in [0, 0.1) is 11.6 Å². The number of ether oxygens (including phenoxy) is 2. The molecule has 4 aromatic rings. The minimum absolute atomic E-state index is 0.00371. The molecule has 0 amide bonds. The number of hydrogen-bond donors (Lipinski definition) is 3. The molecule has 164 valence electrons. The minimum Gasteiger partial charge on any atom is -0.491 e. The summed E-state index contributed by atoms with van der Waals surface area (Å²) in [5.41, 5.74) is 1.08. The molecule has 0 atom stereocenters. The smallest absolute Gasteiger partial charge is 0.417 e. The van der Waals surface area contributed by atoms with Crippen molar-refractivity contribution < 1.29 is 27.5 Å². The summed E-state index contributed by atoms with van der Waals surface area (Å²) >= 11 is 0. The summed E-state index contributed by atoms with van der Waals surface area (Å²) in [6.07, 6.45) is 1.18. The topological polar surface area (TPSA) is 131 Å². The van der Waals surface area contributed by atoms with Crippen LogP contribution in [0.3, 0.4) is 0 Å². The number of nitrogens with one attached hydrogen (secondary N) is 3. The Morgan fingerprint density at radius 1 is 1.16 bits per heavy atom. The Labute approximate surface area is 178 Å². The minimum atomic E-state index is -0.975. The maximum absolute atomic E-state index is 14.5. The van der Waals surface area contributed by atoms with Crippen molar-refractivity contribution in [3.8, 4) is 5.75 Å². The van der Waals surface area contributed by atoms with Crippen molar-refractivity contribution in [2.24, 2.45) is 0 Å². The summed E-state index contributed by atoms with van der Waals surface area (Å²) in [5.74, 6) is -3.80. The van der Waals surface area contributed by atoms with E-state index in [0.29, 0.717) is 16.8 Å². The van der Waals surface area contributed by atoms with Crippen LogP contribution >= 0.6 is 0 Å². The molecule has 0 fully saturated rings. The summed E-state index contributed by atoms with van der Waals surface area (Å²) in [4.78, 5) is 34.2. The maximum atomic E-state index is 14.5. The Balaban J connectivity index is 1.71. The van der Waals surface area contributed by atoms with Gasteiger partial charge < -0.3 is 24.5 Å². The van der Waals surface area contributed by atoms with Crippen molar-refractivity contribution in [3.05, 3.63) is 64.3 Å². The van der Waals surface area contributed by atoms with Crippen LogP contribution in [0.2, 0.25) is 0 Å². The first-order valence-corrected chi connectivity index (χ1v) is 9.04. The van der Waals surface area contributed by atoms with Crippen molar-refractivity contribution in [1.82, 2.24) is 15.0 Å². The molecule has 2 aromatic heterocycles. The van der Waals surface area contributed by atoms with E-state index in [2.05, 4.69) is 25.6 Å². The molecule has 0 bridgehead atoms. The van der Waals surface area contributed by atoms with Crippen LogP contribution in [0.25, 0.3) is 11.1 Å². The molecular formula is C20H15F2N5O5. The molecule has 0 aliphatic heterocycles. The van der Waals surface area contributed by atoms with Crippen molar-refractivity contribution >= 4 is 40.2 Å². The Morgan fingerprint density at radius 3 is 2.72 bits per heavy atom. The second kappa shape index (κ2) is 8.34. The lowest BCUT2D eigenvalue weighted by Gasteiger charge is -2.13. The first-order valence-electron chi connectivity index (χ1n) is 9.04. The molecule has 0 saturated carbocycles. The molecule has 4 rings (SSSR count). The third-order valence-electron chi connectivity index (χ3n) is 4.38. The van der Waals surface area contributed by atoms with Gasteiger partial charge in [-0.1, -0.05) is 0 Å². The molecule has 10 nitrogen and oxygen atoms in total. The van der Waals surface area contributed by atoms with Gasteiger partial charge in [-0.05, 0) is 30.3 Å². The molecule has 0 unspecified atom stereocenters. The molecule has 0 aliphatic carbocycles. The highest BCUT2D eigenvalue weighted by Crippen LogP contribution is 2.30. The zero-order chi connectivity index (χ0) is 22.8. The zero-order valence-electron chi connectivity index (χ0n) is 16.7. The van der Waals surface area contributed by atoms with E-state index < -0.39 is 29.1 Å². The molecular weight excluding hydrogens is 428 g/mol. The number of H-pyrrole nitrogens is 1. The fourth-order valence-corrected chi connectivity index (χ4v) is 2.90. The van der Waals surface area contributed by atoms with Gasteiger partial charge in [0.1, 0.15) is 5.56 Å². The molecule has 2 aromatic carbocycles. The number of anilines is 4. The Bertz CT molecular complexity index is 1380. The number of carbonyl (C=O) groups is 1. The lowest BCUT2D eigenvalue weighted by Crippen LogP contribution is -2.10. The molecule has 0 spiro atoms. The molecule has 0 saturated heterocycles. The average molecular weight is 443 g/mol. The van der Waals surface area contributed by atoms with Gasteiger partial charge in [0.05, 0.1) is 25.4 Å². The van der Waals surface area contributed by atoms with Gasteiger partial charge in [-0.15, -0.1) is 0 Å². The zero-order valence-corrected chi connectivity index (χ0v) is 16.7. The normalized spacial score (nSPS) is 10.8. The number of rotatable bonds is 6. The van der Waals surface area contributed by atoms with Gasteiger partial charge >= 0.3 is 11.7 Å². The van der Waals surface area contributed by atoms with Gasteiger partial charge in [0, 0.05) is 11.9 Å². The van der Waals surface area contributed by atoms with Gasteiger partial charge in [-0.3, -0.25) is 4.98 Å². The van der Waals surface area contributed by atoms with Crippen LogP contribution in [-0.4, -0.2) is 35.1 Å². The quantitative estimate of drug-likeness (QED) is 0.383. The van der Waals surface area contributed by atoms with Gasteiger partial charge in [-0.2, -0.15) is 4.98 Å². The maximum Gasteiger partial charge on any atom is 0.417 e. The monoisotopic (exact) mass is 443 g/mol. The van der Waals surface area contributed by atoms with E-state index in [1.807, 2.05) is 0 Å². The van der Waals surface area contributed by atoms with Crippen molar-refractivity contribution in [3.63, 3.8) is 0 Å². The fraction of sp³-hybridized carbons (Fsp3) is 0.100. The molecule has 2 heterocycles. The van der Waals surface area contributed by atoms with Gasteiger partial charge in [0.15, 0.2) is 28.8 Å². The lowest BCUT2D eigenvalue weighted by atomic mass is 10.2. The van der Waals surface area contributed by atoms with Gasteiger partial charge in [0.2, 0.25) is 5.95 Å². The Hall–Kier alpha value is -4.48. The second-order valence-corrected chi connectivity index (χ2v) is 6.37. The fourth-order valence-electron chi connectivity index (χ4n) is 2.90. The van der Waals surface area contributed by atoms with Crippen molar-refractivity contribution in [2.75, 3.05) is 24.9 Å². The second-order valence-electron chi connectivity index (χ2n) is 6.37. The van der Waals surface area contributed by atoms with E-state index in [1.165, 1.54) is 13.3 Å². The number of benzene rings is 2. The molecule has 0 aliphatic rings. The largest absolute Gasteiger partial charge is 0.491 e. The number of methoxy groups -OCH3 is 2. The third-order valence-corrected chi connectivity index (χ3v) is 4.38. The van der Waals surface area contributed by atoms with E-state index in [0.717, 1.165) is 19.2 Å². The number of aromatic amines is 1. The standard InChI is InChI=1S/C20H15F2N5O5/c1-30-16-11(21)4-5-12(15(16)22)25-19-23-8-10(18(28)31-2)17(27-19)24-9-3-6-14-13(7-9)26-20(29)32-14/h3-8H,1-2H3,(H,26,29)(H2,23,24,25,27). The van der Waals surface area contributed by atoms with E-state index in [4.69, 9.17) is 13.9 Å². The van der Waals surface area contributed by atoms with Crippen LogP contribution in [0.15, 0.2) is 45.7 Å². The van der Waals surface area contributed by atoms with Crippen LogP contribution in [0.4, 0.5) is 31.9 Å².